The molecule has 1 unspecified atom stereocenters. The minimum atomic E-state index is -3.17. The van der Waals surface area contributed by atoms with Gasteiger partial charge in [0, 0.05) is 0 Å². The highest BCUT2D eigenvalue weighted by atomic mass is 31.2. The van der Waals surface area contributed by atoms with E-state index in [-0.39, 0.29) is 6.10 Å². The van der Waals surface area contributed by atoms with Gasteiger partial charge in [0.2, 0.25) is 0 Å². The number of hydrogen-bond donors (Lipinski definition) is 0. The van der Waals surface area contributed by atoms with Crippen LogP contribution in [0, 0.1) is 0 Å². The van der Waals surface area contributed by atoms with Crippen LogP contribution in [0.25, 0.3) is 0 Å². The fourth-order valence-electron chi connectivity index (χ4n) is 1.16. The third kappa shape index (κ3) is 3.77. The lowest BCUT2D eigenvalue weighted by atomic mass is 10.2. The summed E-state index contributed by atoms with van der Waals surface area (Å²) in [6, 6.07) is 0. The summed E-state index contributed by atoms with van der Waals surface area (Å²) in [5.41, 5.74) is 0. The Morgan fingerprint density at radius 3 is 2.62 bits per heavy atom. The van der Waals surface area contributed by atoms with Gasteiger partial charge in [0.05, 0.1) is 19.3 Å². The number of phosphoric acid groups is 1. The summed E-state index contributed by atoms with van der Waals surface area (Å²) in [6.45, 7) is 4.74. The summed E-state index contributed by atoms with van der Waals surface area (Å²) in [4.78, 5) is 0. The highest BCUT2D eigenvalue weighted by Gasteiger charge is 2.33. The van der Waals surface area contributed by atoms with Gasteiger partial charge in [0.1, 0.15) is 0 Å². The first-order chi connectivity index (χ1) is 6.16. The average Bonchev–Trinajstić information content (AvgIpc) is 2.48. The topological polar surface area (TPSA) is 44.8 Å². The molecule has 1 atom stereocenters. The van der Waals surface area contributed by atoms with E-state index in [2.05, 4.69) is 6.92 Å². The van der Waals surface area contributed by atoms with Crippen molar-refractivity contribution < 1.29 is 18.1 Å². The first-order valence-electron chi connectivity index (χ1n) is 4.74. The lowest BCUT2D eigenvalue weighted by Gasteiger charge is -2.15. The minimum Gasteiger partial charge on any atom is -0.284 e. The van der Waals surface area contributed by atoms with Crippen molar-refractivity contribution in [1.82, 2.24) is 0 Å². The molecule has 0 saturated carbocycles. The molecule has 1 heterocycles. The molecule has 1 aliphatic rings. The van der Waals surface area contributed by atoms with Crippen molar-refractivity contribution in [2.24, 2.45) is 0 Å². The Bertz CT molecular complexity index is 185. The maximum absolute atomic E-state index is 11.5. The van der Waals surface area contributed by atoms with Gasteiger partial charge < -0.3 is 0 Å². The van der Waals surface area contributed by atoms with E-state index in [9.17, 15) is 4.57 Å². The third-order valence-electron chi connectivity index (χ3n) is 1.86. The predicted octanol–water partition coefficient (Wildman–Crippen LogP) is 2.74. The van der Waals surface area contributed by atoms with Crippen LogP contribution in [-0.2, 0) is 18.1 Å². The summed E-state index contributed by atoms with van der Waals surface area (Å²) in [7, 11) is -3.17. The van der Waals surface area contributed by atoms with E-state index in [1.807, 2.05) is 6.92 Å². The summed E-state index contributed by atoms with van der Waals surface area (Å²) < 4.78 is 26.5. The van der Waals surface area contributed by atoms with E-state index >= 15 is 0 Å². The predicted molar refractivity (Wildman–Crippen MR) is 49.6 cm³/mol. The molecule has 1 aliphatic heterocycles. The Labute approximate surface area is 79.2 Å². The van der Waals surface area contributed by atoms with Crippen molar-refractivity contribution >= 4 is 7.82 Å². The highest BCUT2D eigenvalue weighted by molar-refractivity contribution is 7.48. The Morgan fingerprint density at radius 1 is 1.46 bits per heavy atom. The molecule has 78 valence electrons. The molecule has 13 heavy (non-hydrogen) atoms. The van der Waals surface area contributed by atoms with Crippen LogP contribution in [0.1, 0.15) is 33.1 Å². The van der Waals surface area contributed by atoms with Gasteiger partial charge in [0.15, 0.2) is 0 Å². The van der Waals surface area contributed by atoms with Crippen LogP contribution in [0.2, 0.25) is 0 Å². The molecule has 0 spiro atoms. The van der Waals surface area contributed by atoms with Gasteiger partial charge in [-0.05, 0) is 13.3 Å². The van der Waals surface area contributed by atoms with Gasteiger partial charge in [-0.15, -0.1) is 0 Å². The van der Waals surface area contributed by atoms with Gasteiger partial charge in [-0.25, -0.2) is 4.57 Å². The van der Waals surface area contributed by atoms with Gasteiger partial charge in [-0.2, -0.15) is 0 Å². The Kier molecular flexibility index (Phi) is 4.39. The van der Waals surface area contributed by atoms with E-state index in [0.717, 1.165) is 19.3 Å². The lowest BCUT2D eigenvalue weighted by molar-refractivity contribution is 0.133. The molecule has 0 aromatic carbocycles. The Balaban J connectivity index is 2.26. The molecule has 0 bridgehead atoms. The third-order valence-corrected chi connectivity index (χ3v) is 3.47. The van der Waals surface area contributed by atoms with E-state index in [1.54, 1.807) is 0 Å². The molecule has 4 nitrogen and oxygen atoms in total. The largest absolute Gasteiger partial charge is 0.475 e. The van der Waals surface area contributed by atoms with Crippen molar-refractivity contribution in [3.8, 4) is 0 Å². The standard InChI is InChI=1S/C8H17O4P/c1-3-4-5-8(2)12-13(9)10-6-7-11-13/h8H,3-7H2,1-2H3. The summed E-state index contributed by atoms with van der Waals surface area (Å²) in [5.74, 6) is 0. The van der Waals surface area contributed by atoms with Crippen LogP contribution >= 0.6 is 7.82 Å². The normalized spacial score (nSPS) is 23.2. The molecule has 5 heteroatoms. The second-order valence-corrected chi connectivity index (χ2v) is 4.79. The summed E-state index contributed by atoms with van der Waals surface area (Å²) >= 11 is 0. The van der Waals surface area contributed by atoms with E-state index in [4.69, 9.17) is 13.6 Å². The monoisotopic (exact) mass is 208 g/mol. The molecule has 0 radical (unpaired) electrons. The van der Waals surface area contributed by atoms with Crippen molar-refractivity contribution in [3.05, 3.63) is 0 Å². The molecular weight excluding hydrogens is 191 g/mol. The first kappa shape index (κ1) is 11.2. The fraction of sp³-hybridized carbons (Fsp3) is 1.00. The van der Waals surface area contributed by atoms with Gasteiger partial charge >= 0.3 is 7.82 Å². The molecule has 1 fully saturated rings. The average molecular weight is 208 g/mol. The van der Waals surface area contributed by atoms with Crippen molar-refractivity contribution in [3.63, 3.8) is 0 Å². The van der Waals surface area contributed by atoms with E-state index in [0.29, 0.717) is 13.2 Å². The van der Waals surface area contributed by atoms with Crippen LogP contribution in [0.4, 0.5) is 0 Å². The molecule has 1 saturated heterocycles. The molecular formula is C8H17O4P. The zero-order valence-corrected chi connectivity index (χ0v) is 9.09. The van der Waals surface area contributed by atoms with Crippen LogP contribution in [0.15, 0.2) is 0 Å². The zero-order chi connectivity index (χ0) is 9.73. The Hall–Kier alpha value is 0.110. The lowest BCUT2D eigenvalue weighted by Crippen LogP contribution is -2.06. The molecule has 1 rings (SSSR count). The van der Waals surface area contributed by atoms with Crippen molar-refractivity contribution in [2.75, 3.05) is 13.2 Å². The van der Waals surface area contributed by atoms with Crippen LogP contribution in [0.5, 0.6) is 0 Å². The fourth-order valence-corrected chi connectivity index (χ4v) is 2.50. The van der Waals surface area contributed by atoms with Crippen molar-refractivity contribution in [1.29, 1.82) is 0 Å². The number of rotatable bonds is 5. The maximum atomic E-state index is 11.5. The van der Waals surface area contributed by atoms with Crippen molar-refractivity contribution in [2.45, 2.75) is 39.2 Å². The summed E-state index contributed by atoms with van der Waals surface area (Å²) in [5, 5.41) is 0. The molecule has 0 amide bonds. The van der Waals surface area contributed by atoms with Gasteiger partial charge in [-0.1, -0.05) is 19.8 Å². The number of hydrogen-bond acceptors (Lipinski definition) is 4. The van der Waals surface area contributed by atoms with Crippen LogP contribution in [-0.4, -0.2) is 19.3 Å². The molecule has 0 aliphatic carbocycles. The van der Waals surface area contributed by atoms with Gasteiger partial charge in [0.25, 0.3) is 0 Å². The van der Waals surface area contributed by atoms with Gasteiger partial charge in [-0.3, -0.25) is 13.6 Å². The summed E-state index contributed by atoms with van der Waals surface area (Å²) in [6.07, 6.45) is 3.03. The second kappa shape index (κ2) is 5.11. The van der Waals surface area contributed by atoms with E-state index in [1.165, 1.54) is 0 Å². The smallest absolute Gasteiger partial charge is 0.284 e. The first-order valence-corrected chi connectivity index (χ1v) is 6.20. The number of unbranched alkanes of at least 4 members (excludes halogenated alkanes) is 1. The highest BCUT2D eigenvalue weighted by Crippen LogP contribution is 2.53. The minimum absolute atomic E-state index is 0.0520. The van der Waals surface area contributed by atoms with Crippen LogP contribution < -0.4 is 0 Å². The quantitative estimate of drug-likeness (QED) is 0.651. The molecule has 0 aromatic rings. The second-order valence-electron chi connectivity index (χ2n) is 3.17. The van der Waals surface area contributed by atoms with Crippen LogP contribution in [0.3, 0.4) is 0 Å². The van der Waals surface area contributed by atoms with E-state index < -0.39 is 7.82 Å². The molecule has 0 N–H and O–H groups in total. The molecule has 0 aromatic heterocycles. The zero-order valence-electron chi connectivity index (χ0n) is 8.19. The number of phosphoric ester groups is 1. The Morgan fingerprint density at radius 2 is 2.08 bits per heavy atom. The SMILES string of the molecule is CCCCC(C)OP1(=O)OCCO1. The maximum Gasteiger partial charge on any atom is 0.475 e.